The van der Waals surface area contributed by atoms with E-state index in [2.05, 4.69) is 35.8 Å². The van der Waals surface area contributed by atoms with Crippen molar-refractivity contribution in [2.75, 3.05) is 7.11 Å². The Hall–Kier alpha value is -2.57. The van der Waals surface area contributed by atoms with E-state index in [1.54, 1.807) is 37.3 Å². The topological polar surface area (TPSA) is 93.5 Å². The van der Waals surface area contributed by atoms with E-state index in [1.807, 2.05) is 0 Å². The highest BCUT2D eigenvalue weighted by molar-refractivity contribution is 9.10. The molecule has 33 heavy (non-hydrogen) atoms. The smallest absolute Gasteiger partial charge is 0.280 e. The van der Waals surface area contributed by atoms with Crippen molar-refractivity contribution in [1.29, 1.82) is 0 Å². The molecule has 3 rings (SSSR count). The number of nitrogens with zero attached hydrogens (tertiary/aromatic N) is 3. The van der Waals surface area contributed by atoms with E-state index in [4.69, 9.17) is 4.74 Å². The fourth-order valence-electron chi connectivity index (χ4n) is 2.71. The molecule has 174 valence electrons. The molecule has 0 spiro atoms. The van der Waals surface area contributed by atoms with Crippen molar-refractivity contribution in [1.82, 2.24) is 14.8 Å². The molecule has 0 aliphatic carbocycles. The van der Waals surface area contributed by atoms with Gasteiger partial charge in [-0.2, -0.15) is 13.5 Å². The molecule has 0 radical (unpaired) electrons. The number of aryl methyl sites for hydroxylation is 1. The van der Waals surface area contributed by atoms with Crippen LogP contribution in [-0.4, -0.2) is 31.7 Å². The summed E-state index contributed by atoms with van der Waals surface area (Å²) in [5.41, 5.74) is 1.49. The molecule has 3 aromatic rings. The monoisotopic (exact) mass is 556 g/mol. The third-order valence-electron chi connectivity index (χ3n) is 4.25. The molecule has 1 aromatic heterocycles. The fourth-order valence-corrected chi connectivity index (χ4v) is 4.66. The van der Waals surface area contributed by atoms with Crippen molar-refractivity contribution >= 4 is 43.9 Å². The summed E-state index contributed by atoms with van der Waals surface area (Å²) in [6, 6.07) is 12.6. The maximum absolute atomic E-state index is 13.0. The lowest BCUT2D eigenvalue weighted by molar-refractivity contribution is 0.145. The Balaban J connectivity index is 1.73. The molecule has 1 N–H and O–H groups in total. The summed E-state index contributed by atoms with van der Waals surface area (Å²) in [7, 11) is -2.29. The maximum Gasteiger partial charge on any atom is 0.280 e. The van der Waals surface area contributed by atoms with Gasteiger partial charge in [0.15, 0.2) is 5.16 Å². The number of halogens is 3. The zero-order chi connectivity index (χ0) is 24.0. The second-order valence-corrected chi connectivity index (χ2v) is 10.2. The minimum Gasteiger partial charge on any atom is -0.496 e. The van der Waals surface area contributed by atoms with Gasteiger partial charge >= 0.3 is 0 Å². The van der Waals surface area contributed by atoms with E-state index in [0.29, 0.717) is 22.8 Å². The van der Waals surface area contributed by atoms with Gasteiger partial charge in [0, 0.05) is 21.5 Å². The number of hydrazone groups is 1. The molecule has 0 aliphatic rings. The van der Waals surface area contributed by atoms with E-state index >= 15 is 0 Å². The number of alkyl halides is 2. The summed E-state index contributed by atoms with van der Waals surface area (Å²) in [6.07, 6.45) is -1.32. The molecule has 2 aromatic carbocycles. The van der Waals surface area contributed by atoms with E-state index < -0.39 is 16.4 Å². The fraction of sp³-hybridized carbons (Fsp3) is 0.190. The molecular formula is C21H19BrF2N4O3S2. The second kappa shape index (κ2) is 11.0. The summed E-state index contributed by atoms with van der Waals surface area (Å²) >= 11 is 4.45. The normalized spacial score (nSPS) is 11.8. The molecule has 7 nitrogen and oxygen atoms in total. The van der Waals surface area contributed by atoms with Crippen LogP contribution in [0.4, 0.5) is 8.78 Å². The number of nitrogens with one attached hydrogen (secondary N) is 1. The lowest BCUT2D eigenvalue weighted by atomic mass is 10.1. The summed E-state index contributed by atoms with van der Waals surface area (Å²) in [5, 5.41) is 4.07. The molecule has 0 atom stereocenters. The number of ether oxygens (including phenoxy) is 1. The summed E-state index contributed by atoms with van der Waals surface area (Å²) < 4.78 is 56.8. The van der Waals surface area contributed by atoms with Gasteiger partial charge in [-0.15, -0.1) is 0 Å². The maximum atomic E-state index is 13.0. The number of hydrogen-bond donors (Lipinski definition) is 1. The van der Waals surface area contributed by atoms with Crippen LogP contribution < -0.4 is 9.57 Å². The number of sulfonamides is 1. The van der Waals surface area contributed by atoms with Crippen LogP contribution in [0.5, 0.6) is 5.75 Å². The first-order valence-corrected chi connectivity index (χ1v) is 12.7. The van der Waals surface area contributed by atoms with Crippen LogP contribution in [0.2, 0.25) is 0 Å². The first-order valence-electron chi connectivity index (χ1n) is 9.42. The Morgan fingerprint density at radius 2 is 1.91 bits per heavy atom. The van der Waals surface area contributed by atoms with Gasteiger partial charge in [-0.25, -0.2) is 23.6 Å². The molecule has 0 saturated carbocycles. The van der Waals surface area contributed by atoms with Crippen LogP contribution in [0, 0.1) is 6.92 Å². The van der Waals surface area contributed by atoms with Crippen LogP contribution in [0.3, 0.4) is 0 Å². The Labute approximate surface area is 202 Å². The van der Waals surface area contributed by atoms with Gasteiger partial charge < -0.3 is 4.74 Å². The lowest BCUT2D eigenvalue weighted by Gasteiger charge is -2.10. The van der Waals surface area contributed by atoms with Crippen LogP contribution >= 0.6 is 27.7 Å². The van der Waals surface area contributed by atoms with Crippen LogP contribution in [0.1, 0.15) is 28.9 Å². The zero-order valence-corrected chi connectivity index (χ0v) is 20.7. The average molecular weight is 557 g/mol. The minimum absolute atomic E-state index is 0.0796. The second-order valence-electron chi connectivity index (χ2n) is 6.68. The van der Waals surface area contributed by atoms with E-state index in [-0.39, 0.29) is 15.7 Å². The zero-order valence-electron chi connectivity index (χ0n) is 17.5. The Kier molecular flexibility index (Phi) is 8.38. The van der Waals surface area contributed by atoms with Gasteiger partial charge in [0.05, 0.1) is 18.2 Å². The van der Waals surface area contributed by atoms with Gasteiger partial charge in [-0.3, -0.25) is 0 Å². The van der Waals surface area contributed by atoms with E-state index in [1.165, 1.54) is 43.3 Å². The summed E-state index contributed by atoms with van der Waals surface area (Å²) in [4.78, 5) is 10.3. The van der Waals surface area contributed by atoms with Crippen molar-refractivity contribution in [3.63, 3.8) is 0 Å². The first-order chi connectivity index (χ1) is 15.7. The SMILES string of the molecule is COc1ccc(/C=N\NS(=O)(=O)c2ccc(Br)cc2)cc1CSc1nc(C)cc(C(F)F)n1. The molecule has 0 fully saturated rings. The lowest BCUT2D eigenvalue weighted by Crippen LogP contribution is -2.18. The number of aromatic nitrogens is 2. The highest BCUT2D eigenvalue weighted by Gasteiger charge is 2.14. The molecule has 0 saturated heterocycles. The van der Waals surface area contributed by atoms with Crippen LogP contribution in [0.25, 0.3) is 0 Å². The average Bonchev–Trinajstić information content (AvgIpc) is 2.77. The molecule has 0 bridgehead atoms. The number of rotatable bonds is 9. The van der Waals surface area contributed by atoms with Gasteiger partial charge in [-0.05, 0) is 61.0 Å². The molecule has 0 aliphatic heterocycles. The Bertz CT molecular complexity index is 1260. The quantitative estimate of drug-likeness (QED) is 0.170. The highest BCUT2D eigenvalue weighted by Crippen LogP contribution is 2.28. The first kappa shape index (κ1) is 25.1. The highest BCUT2D eigenvalue weighted by atomic mass is 79.9. The van der Waals surface area contributed by atoms with Crippen molar-refractivity contribution in [3.8, 4) is 5.75 Å². The van der Waals surface area contributed by atoms with Crippen LogP contribution in [0.15, 0.2) is 68.2 Å². The minimum atomic E-state index is -3.81. The standard InChI is InChI=1S/C21H19BrF2N4O3S2/c1-13-9-18(20(23)24)27-21(26-13)32-12-15-10-14(3-8-19(15)31-2)11-25-28-33(29,30)17-6-4-16(22)5-7-17/h3-11,20,28H,12H2,1-2H3/b25-11-. The Morgan fingerprint density at radius 3 is 2.58 bits per heavy atom. The van der Waals surface area contributed by atoms with E-state index in [9.17, 15) is 17.2 Å². The van der Waals surface area contributed by atoms with Gasteiger partial charge in [0.1, 0.15) is 11.4 Å². The van der Waals surface area contributed by atoms with Crippen molar-refractivity contribution in [2.24, 2.45) is 5.10 Å². The van der Waals surface area contributed by atoms with E-state index in [0.717, 1.165) is 10.0 Å². The van der Waals surface area contributed by atoms with Gasteiger partial charge in [0.25, 0.3) is 16.4 Å². The number of hydrogen-bond acceptors (Lipinski definition) is 7. The van der Waals surface area contributed by atoms with Gasteiger partial charge in [-0.1, -0.05) is 27.7 Å². The Morgan fingerprint density at radius 1 is 1.18 bits per heavy atom. The van der Waals surface area contributed by atoms with Crippen molar-refractivity contribution < 1.29 is 21.9 Å². The third-order valence-corrected chi connectivity index (χ3v) is 6.91. The summed E-state index contributed by atoms with van der Waals surface area (Å²) in [6.45, 7) is 1.63. The van der Waals surface area contributed by atoms with Crippen molar-refractivity contribution in [2.45, 2.75) is 29.2 Å². The predicted molar refractivity (Wildman–Crippen MR) is 126 cm³/mol. The predicted octanol–water partition coefficient (Wildman–Crippen LogP) is 5.10. The van der Waals surface area contributed by atoms with Crippen molar-refractivity contribution in [3.05, 3.63) is 75.5 Å². The molecule has 0 unspecified atom stereocenters. The number of benzene rings is 2. The number of thioether (sulfide) groups is 1. The van der Waals surface area contributed by atoms with Crippen LogP contribution in [-0.2, 0) is 15.8 Å². The number of methoxy groups -OCH3 is 1. The molecule has 12 heteroatoms. The largest absolute Gasteiger partial charge is 0.496 e. The summed E-state index contributed by atoms with van der Waals surface area (Å²) in [5.74, 6) is 0.929. The van der Waals surface area contributed by atoms with Gasteiger partial charge in [0.2, 0.25) is 0 Å². The third kappa shape index (κ3) is 6.95. The molecular weight excluding hydrogens is 538 g/mol. The molecule has 1 heterocycles. The molecule has 0 amide bonds.